The van der Waals surface area contributed by atoms with Gasteiger partial charge in [0.1, 0.15) is 0 Å². The summed E-state index contributed by atoms with van der Waals surface area (Å²) in [6.45, 7) is 9.73. The van der Waals surface area contributed by atoms with E-state index in [1.807, 2.05) is 30.9 Å². The van der Waals surface area contributed by atoms with Gasteiger partial charge in [-0.1, -0.05) is 18.2 Å². The molecule has 0 saturated carbocycles. The molecule has 2 aliphatic heterocycles. The lowest BCUT2D eigenvalue weighted by molar-refractivity contribution is -0.136. The Bertz CT molecular complexity index is 911. The molecule has 2 fully saturated rings. The first kappa shape index (κ1) is 19.5. The first-order chi connectivity index (χ1) is 13.9. The van der Waals surface area contributed by atoms with Crippen molar-refractivity contribution in [3.8, 4) is 0 Å². The number of carbonyl (C=O) groups excluding carboxylic acids is 2. The Morgan fingerprint density at radius 2 is 1.52 bits per heavy atom. The number of aryl methyl sites for hydroxylation is 3. The van der Waals surface area contributed by atoms with Crippen LogP contribution in [0, 0.1) is 26.7 Å². The molecule has 4 rings (SSSR count). The van der Waals surface area contributed by atoms with Crippen molar-refractivity contribution < 1.29 is 9.59 Å². The second kappa shape index (κ2) is 7.90. The Labute approximate surface area is 172 Å². The van der Waals surface area contributed by atoms with Gasteiger partial charge in [0.25, 0.3) is 0 Å². The molecule has 2 amide bonds. The van der Waals surface area contributed by atoms with Crippen LogP contribution < -0.4 is 9.80 Å². The molecule has 0 spiro atoms. The number of benzene rings is 2. The second-order valence-corrected chi connectivity index (χ2v) is 8.40. The van der Waals surface area contributed by atoms with Gasteiger partial charge in [-0.15, -0.1) is 0 Å². The van der Waals surface area contributed by atoms with E-state index in [4.69, 9.17) is 0 Å². The van der Waals surface area contributed by atoms with Gasteiger partial charge < -0.3 is 14.7 Å². The fraction of sp³-hybridized carbons (Fsp3) is 0.417. The van der Waals surface area contributed by atoms with Crippen LogP contribution in [0.1, 0.15) is 23.1 Å². The Kier molecular flexibility index (Phi) is 5.31. The molecule has 2 heterocycles. The quantitative estimate of drug-likeness (QED) is 0.806. The maximum Gasteiger partial charge on any atom is 0.228 e. The van der Waals surface area contributed by atoms with Gasteiger partial charge in [-0.05, 0) is 61.7 Å². The predicted molar refractivity (Wildman–Crippen MR) is 116 cm³/mol. The summed E-state index contributed by atoms with van der Waals surface area (Å²) in [5.41, 5.74) is 5.64. The van der Waals surface area contributed by atoms with Crippen LogP contribution in [-0.2, 0) is 9.59 Å². The van der Waals surface area contributed by atoms with Crippen LogP contribution in [0.25, 0.3) is 0 Å². The first-order valence-electron chi connectivity index (χ1n) is 10.4. The van der Waals surface area contributed by atoms with Crippen molar-refractivity contribution in [2.75, 3.05) is 42.5 Å². The van der Waals surface area contributed by atoms with Gasteiger partial charge in [-0.2, -0.15) is 0 Å². The molecule has 5 nitrogen and oxygen atoms in total. The number of hydrogen-bond acceptors (Lipinski definition) is 3. The number of amides is 2. The number of nitrogens with zero attached hydrogens (tertiary/aromatic N) is 3. The minimum atomic E-state index is -0.242. The van der Waals surface area contributed by atoms with E-state index in [-0.39, 0.29) is 17.7 Å². The van der Waals surface area contributed by atoms with Crippen LogP contribution >= 0.6 is 0 Å². The van der Waals surface area contributed by atoms with Crippen LogP contribution in [0.4, 0.5) is 11.4 Å². The van der Waals surface area contributed by atoms with Gasteiger partial charge in [0.05, 0.1) is 5.92 Å². The fourth-order valence-electron chi connectivity index (χ4n) is 4.50. The minimum Gasteiger partial charge on any atom is -0.368 e. The van der Waals surface area contributed by atoms with Crippen molar-refractivity contribution in [3.05, 3.63) is 59.2 Å². The molecule has 0 aliphatic carbocycles. The summed E-state index contributed by atoms with van der Waals surface area (Å²) in [5.74, 6) is -0.0743. The van der Waals surface area contributed by atoms with E-state index in [0.29, 0.717) is 26.1 Å². The third kappa shape index (κ3) is 4.14. The third-order valence-electron chi connectivity index (χ3n) is 5.95. The minimum absolute atomic E-state index is 0.0479. The number of carbonyl (C=O) groups is 2. The predicted octanol–water partition coefficient (Wildman–Crippen LogP) is 3.31. The van der Waals surface area contributed by atoms with Crippen LogP contribution in [0.3, 0.4) is 0 Å². The number of hydrogen-bond donors (Lipinski definition) is 0. The summed E-state index contributed by atoms with van der Waals surface area (Å²) in [4.78, 5) is 31.7. The van der Waals surface area contributed by atoms with Crippen molar-refractivity contribution in [1.29, 1.82) is 0 Å². The van der Waals surface area contributed by atoms with Crippen molar-refractivity contribution in [2.24, 2.45) is 5.92 Å². The maximum atomic E-state index is 13.1. The molecule has 2 aliphatic rings. The Balaban J connectivity index is 1.39. The average Bonchev–Trinajstić information content (AvgIpc) is 3.08. The molecule has 5 heteroatoms. The molecule has 29 heavy (non-hydrogen) atoms. The summed E-state index contributed by atoms with van der Waals surface area (Å²) in [6.07, 6.45) is 0.309. The molecular formula is C24H29N3O2. The van der Waals surface area contributed by atoms with Gasteiger partial charge in [0.15, 0.2) is 0 Å². The molecular weight excluding hydrogens is 362 g/mol. The maximum absolute atomic E-state index is 13.1. The molecule has 2 saturated heterocycles. The zero-order valence-corrected chi connectivity index (χ0v) is 17.5. The summed E-state index contributed by atoms with van der Waals surface area (Å²) < 4.78 is 0. The molecule has 2 aromatic rings. The van der Waals surface area contributed by atoms with Gasteiger partial charge in [0, 0.05) is 50.5 Å². The normalized spacial score (nSPS) is 19.8. The highest BCUT2D eigenvalue weighted by atomic mass is 16.2. The summed E-state index contributed by atoms with van der Waals surface area (Å²) >= 11 is 0. The SMILES string of the molecule is Cc1cccc(N2CCN(C(=O)C3CC(=O)N(c4cc(C)cc(C)c4)C3)CC2)c1. The van der Waals surface area contributed by atoms with E-state index in [1.54, 1.807) is 4.90 Å². The smallest absolute Gasteiger partial charge is 0.228 e. The van der Waals surface area contributed by atoms with Crippen LogP contribution in [0.2, 0.25) is 0 Å². The van der Waals surface area contributed by atoms with Gasteiger partial charge >= 0.3 is 0 Å². The summed E-state index contributed by atoms with van der Waals surface area (Å²) in [5, 5.41) is 0. The summed E-state index contributed by atoms with van der Waals surface area (Å²) in [7, 11) is 0. The third-order valence-corrected chi connectivity index (χ3v) is 5.95. The fourth-order valence-corrected chi connectivity index (χ4v) is 4.50. The Morgan fingerprint density at radius 1 is 0.862 bits per heavy atom. The largest absolute Gasteiger partial charge is 0.368 e. The van der Waals surface area contributed by atoms with E-state index in [1.165, 1.54) is 11.3 Å². The molecule has 0 bridgehead atoms. The monoisotopic (exact) mass is 391 g/mol. The molecule has 152 valence electrons. The number of rotatable bonds is 3. The Hall–Kier alpha value is -2.82. The van der Waals surface area contributed by atoms with Crippen molar-refractivity contribution >= 4 is 23.2 Å². The highest BCUT2D eigenvalue weighted by Gasteiger charge is 2.38. The molecule has 1 unspecified atom stereocenters. The van der Waals surface area contributed by atoms with Crippen molar-refractivity contribution in [2.45, 2.75) is 27.2 Å². The second-order valence-electron chi connectivity index (χ2n) is 8.40. The Morgan fingerprint density at radius 3 is 2.17 bits per heavy atom. The topological polar surface area (TPSA) is 43.9 Å². The van der Waals surface area contributed by atoms with Crippen molar-refractivity contribution in [1.82, 2.24) is 4.90 Å². The van der Waals surface area contributed by atoms with E-state index in [0.717, 1.165) is 29.9 Å². The molecule has 0 N–H and O–H groups in total. The highest BCUT2D eigenvalue weighted by Crippen LogP contribution is 2.28. The van der Waals surface area contributed by atoms with E-state index in [9.17, 15) is 9.59 Å². The highest BCUT2D eigenvalue weighted by molar-refractivity contribution is 6.00. The summed E-state index contributed by atoms with van der Waals surface area (Å²) in [6, 6.07) is 14.6. The van der Waals surface area contributed by atoms with Crippen LogP contribution in [0.15, 0.2) is 42.5 Å². The first-order valence-corrected chi connectivity index (χ1v) is 10.4. The lowest BCUT2D eigenvalue weighted by atomic mass is 10.1. The van der Waals surface area contributed by atoms with Crippen LogP contribution in [-0.4, -0.2) is 49.4 Å². The lowest BCUT2D eigenvalue weighted by Crippen LogP contribution is -2.50. The van der Waals surface area contributed by atoms with E-state index < -0.39 is 0 Å². The zero-order chi connectivity index (χ0) is 20.5. The van der Waals surface area contributed by atoms with Gasteiger partial charge in [0.2, 0.25) is 11.8 Å². The van der Waals surface area contributed by atoms with Gasteiger partial charge in [-0.3, -0.25) is 9.59 Å². The molecule has 0 aromatic heterocycles. The van der Waals surface area contributed by atoms with Gasteiger partial charge in [-0.25, -0.2) is 0 Å². The lowest BCUT2D eigenvalue weighted by Gasteiger charge is -2.37. The van der Waals surface area contributed by atoms with Crippen LogP contribution in [0.5, 0.6) is 0 Å². The number of anilines is 2. The number of piperazine rings is 1. The standard InChI is InChI=1S/C24H29N3O2/c1-17-5-4-6-21(12-17)25-7-9-26(10-8-25)24(29)20-15-23(28)27(16-20)22-13-18(2)11-19(3)14-22/h4-6,11-14,20H,7-10,15-16H2,1-3H3. The molecule has 2 aromatic carbocycles. The zero-order valence-electron chi connectivity index (χ0n) is 17.5. The van der Waals surface area contributed by atoms with E-state index in [2.05, 4.69) is 42.2 Å². The average molecular weight is 392 g/mol. The molecule has 0 radical (unpaired) electrons. The van der Waals surface area contributed by atoms with Crippen molar-refractivity contribution in [3.63, 3.8) is 0 Å². The van der Waals surface area contributed by atoms with E-state index >= 15 is 0 Å². The molecule has 1 atom stereocenters.